The summed E-state index contributed by atoms with van der Waals surface area (Å²) in [5, 5.41) is 0. The molecule has 1 aliphatic rings. The van der Waals surface area contributed by atoms with Crippen molar-refractivity contribution >= 4 is 0 Å². The molecule has 0 N–H and O–H groups in total. The number of rotatable bonds is 3. The largest absolute Gasteiger partial charge is 1.00 e. The number of allylic oxidation sites excluding steroid dienone is 4. The summed E-state index contributed by atoms with van der Waals surface area (Å²) in [7, 11) is 0. The van der Waals surface area contributed by atoms with Crippen molar-refractivity contribution in [3.63, 3.8) is 0 Å². The van der Waals surface area contributed by atoms with E-state index in [1.807, 2.05) is 6.08 Å². The van der Waals surface area contributed by atoms with Crippen LogP contribution >= 0.6 is 0 Å². The Morgan fingerprint density at radius 1 is 1.42 bits per heavy atom. The Kier molecular flexibility index (Phi) is 18.6. The monoisotopic (exact) mass is 371 g/mol. The minimum absolute atomic E-state index is 0. The molecule has 0 saturated heterocycles. The predicted molar refractivity (Wildman–Crippen MR) is 40.0 cm³/mol. The summed E-state index contributed by atoms with van der Waals surface area (Å²) in [6.07, 6.45) is 12.5. The van der Waals surface area contributed by atoms with Crippen molar-refractivity contribution in [3.8, 4) is 0 Å². The summed E-state index contributed by atoms with van der Waals surface area (Å²) in [4.78, 5) is 0. The Morgan fingerprint density at radius 2 is 2.08 bits per heavy atom. The molecule has 0 spiro atoms. The molecule has 0 heterocycles. The van der Waals surface area contributed by atoms with E-state index >= 15 is 0 Å². The van der Waals surface area contributed by atoms with Gasteiger partial charge in [-0.2, -0.15) is 5.57 Å². The van der Waals surface area contributed by atoms with Gasteiger partial charge in [0.25, 0.3) is 0 Å². The van der Waals surface area contributed by atoms with Gasteiger partial charge in [-0.15, -0.1) is 0 Å². The molecule has 0 radical (unpaired) electrons. The Labute approximate surface area is 106 Å². The molecule has 1 rings (SSSR count). The van der Waals surface area contributed by atoms with Gasteiger partial charge < -0.3 is 24.8 Å². The van der Waals surface area contributed by atoms with Crippen LogP contribution in [0.2, 0.25) is 0 Å². The van der Waals surface area contributed by atoms with Crippen molar-refractivity contribution in [2.45, 2.75) is 32.6 Å². The van der Waals surface area contributed by atoms with Gasteiger partial charge in [-0.3, -0.25) is 6.08 Å². The standard InChI is InChI=1S/C9H13.2ClH.Hf/c1-2-3-6-9-7-4-5-8-9;;;/h4-5H,2-3,6-7H2,1H3;2*1H;/q-1;;;/p-2. The Balaban J connectivity index is -0.000000270. The van der Waals surface area contributed by atoms with E-state index in [4.69, 9.17) is 0 Å². The fourth-order valence-electron chi connectivity index (χ4n) is 1.00. The Bertz CT molecular complexity index is 141. The maximum absolute atomic E-state index is 3.23. The van der Waals surface area contributed by atoms with E-state index in [2.05, 4.69) is 19.1 Å². The molecule has 0 unspecified atom stereocenters. The van der Waals surface area contributed by atoms with Crippen molar-refractivity contribution in [1.29, 1.82) is 0 Å². The molecule has 0 amide bonds. The van der Waals surface area contributed by atoms with Gasteiger partial charge >= 0.3 is 0 Å². The smallest absolute Gasteiger partial charge is 0 e. The zero-order chi connectivity index (χ0) is 6.53. The zero-order valence-electron chi connectivity index (χ0n) is 7.24. The van der Waals surface area contributed by atoms with Crippen LogP contribution in [0.25, 0.3) is 0 Å². The second kappa shape index (κ2) is 11.9. The van der Waals surface area contributed by atoms with E-state index < -0.39 is 0 Å². The Morgan fingerprint density at radius 3 is 2.50 bits per heavy atom. The first-order valence-electron chi connectivity index (χ1n) is 3.69. The first kappa shape index (κ1) is 18.7. The molecule has 0 fully saturated rings. The van der Waals surface area contributed by atoms with Crippen molar-refractivity contribution in [3.05, 3.63) is 23.8 Å². The summed E-state index contributed by atoms with van der Waals surface area (Å²) in [5.41, 5.74) is 1.48. The average Bonchev–Trinajstić information content (AvgIpc) is 2.34. The van der Waals surface area contributed by atoms with E-state index in [0.29, 0.717) is 0 Å². The van der Waals surface area contributed by atoms with E-state index in [1.54, 1.807) is 0 Å². The van der Waals surface area contributed by atoms with Gasteiger partial charge in [0, 0.05) is 25.8 Å². The summed E-state index contributed by atoms with van der Waals surface area (Å²) in [5.74, 6) is 0. The third-order valence-electron chi connectivity index (χ3n) is 1.60. The first-order valence-corrected chi connectivity index (χ1v) is 3.69. The van der Waals surface area contributed by atoms with Crippen LogP contribution in [-0.2, 0) is 25.8 Å². The summed E-state index contributed by atoms with van der Waals surface area (Å²) < 4.78 is 0. The molecule has 0 aliphatic heterocycles. The SMILES string of the molecule is CCCCC1=[C-]C=CC1.[Cl-].[Cl-].[Hf]. The van der Waals surface area contributed by atoms with Crippen molar-refractivity contribution in [2.24, 2.45) is 0 Å². The minimum Gasteiger partial charge on any atom is -1.00 e. The molecule has 0 nitrogen and oxygen atoms in total. The first-order chi connectivity index (χ1) is 4.43. The summed E-state index contributed by atoms with van der Waals surface area (Å²) in [6.45, 7) is 2.23. The average molecular weight is 371 g/mol. The van der Waals surface area contributed by atoms with E-state index in [0.717, 1.165) is 6.42 Å². The fourth-order valence-corrected chi connectivity index (χ4v) is 1.00. The van der Waals surface area contributed by atoms with Gasteiger partial charge in [0.2, 0.25) is 0 Å². The van der Waals surface area contributed by atoms with E-state index in [-0.39, 0.29) is 50.7 Å². The van der Waals surface area contributed by atoms with Crippen molar-refractivity contribution in [2.75, 3.05) is 0 Å². The van der Waals surface area contributed by atoms with Gasteiger partial charge in [-0.05, 0) is 0 Å². The third-order valence-corrected chi connectivity index (χ3v) is 1.60. The zero-order valence-corrected chi connectivity index (χ0v) is 12.3. The molecule has 1 aliphatic carbocycles. The van der Waals surface area contributed by atoms with E-state index in [1.165, 1.54) is 24.8 Å². The van der Waals surface area contributed by atoms with Gasteiger partial charge in [0.15, 0.2) is 0 Å². The topological polar surface area (TPSA) is 0 Å². The number of unbranched alkanes of at least 4 members (excludes halogenated alkanes) is 1. The number of halogens is 2. The van der Waals surface area contributed by atoms with Gasteiger partial charge in [-0.25, -0.2) is 12.2 Å². The fraction of sp³-hybridized carbons (Fsp3) is 0.556. The normalized spacial score (nSPS) is 12.2. The van der Waals surface area contributed by atoms with Crippen LogP contribution in [0, 0.1) is 6.08 Å². The van der Waals surface area contributed by atoms with Crippen LogP contribution in [0.3, 0.4) is 0 Å². The summed E-state index contributed by atoms with van der Waals surface area (Å²) >= 11 is 0. The maximum atomic E-state index is 3.23. The van der Waals surface area contributed by atoms with Crippen LogP contribution in [0.5, 0.6) is 0 Å². The summed E-state index contributed by atoms with van der Waals surface area (Å²) in [6, 6.07) is 0. The van der Waals surface area contributed by atoms with Crippen LogP contribution in [0.1, 0.15) is 32.6 Å². The molecule has 0 aromatic heterocycles. The van der Waals surface area contributed by atoms with Crippen molar-refractivity contribution < 1.29 is 50.7 Å². The van der Waals surface area contributed by atoms with Gasteiger partial charge in [0.1, 0.15) is 0 Å². The van der Waals surface area contributed by atoms with Crippen molar-refractivity contribution in [1.82, 2.24) is 0 Å². The van der Waals surface area contributed by atoms with Gasteiger partial charge in [0.05, 0.1) is 0 Å². The number of hydrogen-bond acceptors (Lipinski definition) is 0. The molecule has 0 atom stereocenters. The Hall–Kier alpha value is 0.930. The molecular weight excluding hydrogens is 357 g/mol. The molecule has 0 bridgehead atoms. The molecule has 3 heteroatoms. The van der Waals surface area contributed by atoms with Crippen LogP contribution < -0.4 is 24.8 Å². The maximum Gasteiger partial charge on any atom is 0 e. The van der Waals surface area contributed by atoms with Crippen LogP contribution in [0.15, 0.2) is 17.7 Å². The van der Waals surface area contributed by atoms with Crippen LogP contribution in [0.4, 0.5) is 0 Å². The number of hydrogen-bond donors (Lipinski definition) is 0. The van der Waals surface area contributed by atoms with E-state index in [9.17, 15) is 0 Å². The molecule has 0 saturated carbocycles. The quantitative estimate of drug-likeness (QED) is 0.364. The second-order valence-electron chi connectivity index (χ2n) is 2.46. The predicted octanol–water partition coefficient (Wildman–Crippen LogP) is -3.13. The molecule has 70 valence electrons. The van der Waals surface area contributed by atoms with Crippen LogP contribution in [-0.4, -0.2) is 0 Å². The third kappa shape index (κ3) is 7.57. The molecule has 12 heavy (non-hydrogen) atoms. The molecule has 0 aromatic carbocycles. The van der Waals surface area contributed by atoms with Gasteiger partial charge in [-0.1, -0.05) is 32.6 Å². The molecule has 0 aromatic rings. The molecular formula is C9H13Cl2Hf-3. The second-order valence-corrected chi connectivity index (χ2v) is 2.46. The minimum atomic E-state index is 0.